The predicted octanol–water partition coefficient (Wildman–Crippen LogP) is 6.13. The second-order valence-electron chi connectivity index (χ2n) is 17.9. The first kappa shape index (κ1) is 48.4. The maximum atomic E-state index is 13.9. The van der Waals surface area contributed by atoms with E-state index in [0.29, 0.717) is 29.0 Å². The number of para-hydroxylation sites is 1. The van der Waals surface area contributed by atoms with Crippen LogP contribution in [0, 0.1) is 5.92 Å². The van der Waals surface area contributed by atoms with Gasteiger partial charge in [0.1, 0.15) is 25.9 Å². The van der Waals surface area contributed by atoms with Crippen LogP contribution in [0.5, 0.6) is 0 Å². The van der Waals surface area contributed by atoms with Crippen molar-refractivity contribution in [3.63, 3.8) is 0 Å². The number of esters is 1. The minimum Gasteiger partial charge on any atom is -0.457 e. The Morgan fingerprint density at radius 1 is 0.847 bits per heavy atom. The Hall–Kier alpha value is -8.67. The molecule has 4 amide bonds. The van der Waals surface area contributed by atoms with E-state index in [0.717, 1.165) is 38.7 Å². The molecule has 0 radical (unpaired) electrons. The molecular formula is C54H50N6O12. The molecule has 72 heavy (non-hydrogen) atoms. The van der Waals surface area contributed by atoms with Gasteiger partial charge in [-0.2, -0.15) is 0 Å². The normalized spacial score (nSPS) is 16.2. The monoisotopic (exact) mass is 974 g/mol. The van der Waals surface area contributed by atoms with Crippen LogP contribution in [-0.4, -0.2) is 77.0 Å². The van der Waals surface area contributed by atoms with Gasteiger partial charge in [0.2, 0.25) is 23.8 Å². The number of hydrogen-bond acceptors (Lipinski definition) is 13. The molecule has 6 aromatic rings. The first-order chi connectivity index (χ1) is 34.8. The van der Waals surface area contributed by atoms with Crippen LogP contribution in [0.15, 0.2) is 114 Å². The van der Waals surface area contributed by atoms with Gasteiger partial charge < -0.3 is 44.8 Å². The molecule has 0 saturated carbocycles. The fraction of sp³-hybridized carbons (Fsp3) is 0.278. The van der Waals surface area contributed by atoms with E-state index in [1.807, 2.05) is 78.9 Å². The quantitative estimate of drug-likeness (QED) is 0.0457. The summed E-state index contributed by atoms with van der Waals surface area (Å²) in [5.41, 5.74) is 5.69. The summed E-state index contributed by atoms with van der Waals surface area (Å²) in [7, 11) is 0. The number of nitrogens with zero attached hydrogens (tertiary/aromatic N) is 2. The first-order valence-corrected chi connectivity index (χ1v) is 23.5. The lowest BCUT2D eigenvalue weighted by molar-refractivity contribution is -0.175. The van der Waals surface area contributed by atoms with Crippen molar-refractivity contribution in [2.45, 2.75) is 77.0 Å². The van der Waals surface area contributed by atoms with E-state index in [2.05, 4.69) is 21.3 Å². The third-order valence-corrected chi connectivity index (χ3v) is 13.4. The molecule has 4 N–H and O–H groups in total. The maximum absolute atomic E-state index is 13.9. The smallest absolute Gasteiger partial charge is 0.457 e. The van der Waals surface area contributed by atoms with Gasteiger partial charge >= 0.3 is 18.2 Å². The number of fused-ring (bicyclic) bond motifs is 8. The van der Waals surface area contributed by atoms with Crippen LogP contribution in [0.25, 0.3) is 33.4 Å². The number of cyclic esters (lactones) is 1. The maximum Gasteiger partial charge on any atom is 0.510 e. The number of carbonyl (C=O) groups excluding carboxylic acids is 7. The van der Waals surface area contributed by atoms with Crippen molar-refractivity contribution in [1.29, 1.82) is 0 Å². The number of Topliss-reactive ketones (excluding diaryl/α,β-unsaturated/α-hetero) is 1. The van der Waals surface area contributed by atoms with Crippen LogP contribution in [0.4, 0.5) is 15.3 Å². The summed E-state index contributed by atoms with van der Waals surface area (Å²) in [4.78, 5) is 109. The molecule has 0 bridgehead atoms. The Morgan fingerprint density at radius 2 is 1.54 bits per heavy atom. The molecule has 4 atom stereocenters. The summed E-state index contributed by atoms with van der Waals surface area (Å²) >= 11 is 0. The van der Waals surface area contributed by atoms with E-state index in [9.17, 15) is 38.4 Å². The predicted molar refractivity (Wildman–Crippen MR) is 261 cm³/mol. The standard InChI is InChI=1S/C54H50N6O12/c1-4-54(43-23-45-47-35(21-33-11-5-10-16-44(33)59-47)25-60(45)50(65)42(43)28-69-51(54)66)72-53(68)71-26-32-17-19-36(20-18-32)58-49(64)34(24-55-29-61)22-46(62)30(2)56-48(63)31(3)57-52(67)70-27-41-39-14-8-6-12-37(39)38-13-7-9-15-40(38)41/h5-21,23,29-31,34,41H,4,22,24-28H2,1-3H3,(H,55,61)(H,56,63)(H,57,67)(H,58,64)/t30-,31-,34-,54-/m0/s1. The number of ketones is 1. The molecule has 18 nitrogen and oxygen atoms in total. The second kappa shape index (κ2) is 20.4. The van der Waals surface area contributed by atoms with Crippen LogP contribution in [0.1, 0.15) is 72.9 Å². The molecule has 0 fully saturated rings. The Bertz CT molecular complexity index is 3180. The molecule has 2 aromatic heterocycles. The minimum atomic E-state index is -1.98. The molecule has 368 valence electrons. The fourth-order valence-electron chi connectivity index (χ4n) is 9.49. The molecule has 4 aromatic carbocycles. The van der Waals surface area contributed by atoms with Gasteiger partial charge in [0, 0.05) is 41.1 Å². The number of aromatic nitrogens is 2. The van der Waals surface area contributed by atoms with Gasteiger partial charge in [-0.3, -0.25) is 24.0 Å². The third kappa shape index (κ3) is 9.49. The SMILES string of the molecule is CC[C@@]1(OC(=O)OCc2ccc(NC(=O)[C@H](CNC=O)CC(=O)[C@H](C)NC(=O)[C@H](C)NC(=O)OCC3c4ccccc4-c4ccccc43)cc2)C(=O)OCc2c1cc1n(c2=O)Cc2cc3ccccc3nc2-1. The number of anilines is 1. The lowest BCUT2D eigenvalue weighted by atomic mass is 9.85. The first-order valence-electron chi connectivity index (χ1n) is 23.5. The zero-order valence-corrected chi connectivity index (χ0v) is 39.5. The second-order valence-corrected chi connectivity index (χ2v) is 17.9. The summed E-state index contributed by atoms with van der Waals surface area (Å²) in [5, 5.41) is 11.2. The topological polar surface area (TPSA) is 239 Å². The molecule has 0 spiro atoms. The summed E-state index contributed by atoms with van der Waals surface area (Å²) in [5.74, 6) is -3.82. The number of hydrogen-bond donors (Lipinski definition) is 4. The van der Waals surface area contributed by atoms with E-state index in [-0.39, 0.29) is 68.4 Å². The average molecular weight is 975 g/mol. The molecule has 18 heteroatoms. The molecule has 0 saturated heterocycles. The number of benzene rings is 4. The highest BCUT2D eigenvalue weighted by Gasteiger charge is 2.51. The van der Waals surface area contributed by atoms with Gasteiger partial charge in [0.05, 0.1) is 41.0 Å². The lowest BCUT2D eigenvalue weighted by Gasteiger charge is -2.35. The highest BCUT2D eigenvalue weighted by Crippen LogP contribution is 2.45. The third-order valence-electron chi connectivity index (χ3n) is 13.4. The summed E-state index contributed by atoms with van der Waals surface area (Å²) in [6, 6.07) is 31.1. The zero-order valence-electron chi connectivity index (χ0n) is 39.5. The molecule has 2 aliphatic heterocycles. The molecule has 1 aliphatic carbocycles. The number of nitrogens with one attached hydrogen (secondary N) is 4. The van der Waals surface area contributed by atoms with Crippen molar-refractivity contribution in [2.75, 3.05) is 18.5 Å². The van der Waals surface area contributed by atoms with Crippen LogP contribution in [-0.2, 0) is 68.3 Å². The number of amides is 4. The Morgan fingerprint density at radius 3 is 2.25 bits per heavy atom. The van der Waals surface area contributed by atoms with Crippen molar-refractivity contribution in [3.05, 3.63) is 153 Å². The summed E-state index contributed by atoms with van der Waals surface area (Å²) < 4.78 is 23.8. The minimum absolute atomic E-state index is 0.0493. The van der Waals surface area contributed by atoms with Gasteiger partial charge in [-0.15, -0.1) is 0 Å². The van der Waals surface area contributed by atoms with Crippen LogP contribution < -0.4 is 26.8 Å². The van der Waals surface area contributed by atoms with Gasteiger partial charge in [-0.1, -0.05) is 85.8 Å². The fourth-order valence-corrected chi connectivity index (χ4v) is 9.49. The number of ether oxygens (including phenoxy) is 4. The number of pyridine rings is 2. The van der Waals surface area contributed by atoms with Gasteiger partial charge in [0.25, 0.3) is 5.56 Å². The van der Waals surface area contributed by atoms with Gasteiger partial charge in [0.15, 0.2) is 5.78 Å². The van der Waals surface area contributed by atoms with Crippen LogP contribution >= 0.6 is 0 Å². The van der Waals surface area contributed by atoms with Gasteiger partial charge in [-0.05, 0) is 78.4 Å². The Labute approximate surface area is 412 Å². The average Bonchev–Trinajstić information content (AvgIpc) is 3.91. The van der Waals surface area contributed by atoms with Crippen molar-refractivity contribution >= 4 is 58.8 Å². The van der Waals surface area contributed by atoms with E-state index in [4.69, 9.17) is 23.9 Å². The number of carbonyl (C=O) groups is 7. The number of rotatable bonds is 17. The van der Waals surface area contributed by atoms with Crippen LogP contribution in [0.2, 0.25) is 0 Å². The molecule has 9 rings (SSSR count). The van der Waals surface area contributed by atoms with Crippen molar-refractivity contribution in [1.82, 2.24) is 25.5 Å². The molecule has 4 heterocycles. The Balaban J connectivity index is 0.767. The molecule has 3 aliphatic rings. The molecular weight excluding hydrogens is 925 g/mol. The van der Waals surface area contributed by atoms with Gasteiger partial charge in [-0.25, -0.2) is 19.4 Å². The number of alkyl carbamates (subject to hydrolysis) is 1. The zero-order chi connectivity index (χ0) is 50.7. The highest BCUT2D eigenvalue weighted by atomic mass is 16.7. The van der Waals surface area contributed by atoms with E-state index in [1.165, 1.54) is 26.0 Å². The summed E-state index contributed by atoms with van der Waals surface area (Å²) in [6.45, 7) is 4.08. The van der Waals surface area contributed by atoms with E-state index >= 15 is 0 Å². The Kier molecular flexibility index (Phi) is 13.7. The van der Waals surface area contributed by atoms with Crippen LogP contribution in [0.3, 0.4) is 0 Å². The summed E-state index contributed by atoms with van der Waals surface area (Å²) in [6.07, 6.45) is -2.01. The highest BCUT2D eigenvalue weighted by molar-refractivity contribution is 5.98. The van der Waals surface area contributed by atoms with Crippen molar-refractivity contribution in [3.8, 4) is 22.5 Å². The lowest BCUT2D eigenvalue weighted by Crippen LogP contribution is -2.50. The van der Waals surface area contributed by atoms with Crippen molar-refractivity contribution in [2.24, 2.45) is 5.92 Å². The van der Waals surface area contributed by atoms with Crippen molar-refractivity contribution < 1.29 is 52.5 Å². The molecule has 0 unspecified atom stereocenters. The van der Waals surface area contributed by atoms with E-state index < -0.39 is 59.4 Å². The largest absolute Gasteiger partial charge is 0.510 e. The van der Waals surface area contributed by atoms with E-state index in [1.54, 1.807) is 29.7 Å².